The fraction of sp³-hybridized carbons (Fsp3) is 0.421. The van der Waals surface area contributed by atoms with Crippen LogP contribution >= 0.6 is 0 Å². The summed E-state index contributed by atoms with van der Waals surface area (Å²) in [5.41, 5.74) is -0.256. The number of methoxy groups -OCH3 is 1. The van der Waals surface area contributed by atoms with Gasteiger partial charge in [-0.1, -0.05) is 12.1 Å². The average Bonchev–Trinajstić information content (AvgIpc) is 2.71. The van der Waals surface area contributed by atoms with Crippen LogP contribution in [0.1, 0.15) is 47.0 Å². The lowest BCUT2D eigenvalue weighted by Gasteiger charge is -2.31. The predicted octanol–water partition coefficient (Wildman–Crippen LogP) is 3.92. The number of benzene rings is 1. The van der Waals surface area contributed by atoms with E-state index in [1.54, 1.807) is 0 Å². The minimum Gasteiger partial charge on any atom is -0.491 e. The van der Waals surface area contributed by atoms with E-state index >= 15 is 0 Å². The number of carboxylic acids is 1. The summed E-state index contributed by atoms with van der Waals surface area (Å²) in [4.78, 5) is 18.9. The van der Waals surface area contributed by atoms with E-state index in [0.29, 0.717) is 18.5 Å². The number of carbonyl (C=O) groups is 1. The third-order valence-corrected chi connectivity index (χ3v) is 4.67. The molecule has 0 bridgehead atoms. The monoisotopic (exact) mass is 411 g/mol. The van der Waals surface area contributed by atoms with Gasteiger partial charge in [-0.3, -0.25) is 0 Å². The molecule has 2 aromatic rings. The van der Waals surface area contributed by atoms with Crippen molar-refractivity contribution in [3.05, 3.63) is 47.4 Å². The predicted molar refractivity (Wildman–Crippen MR) is 96.9 cm³/mol. The van der Waals surface area contributed by atoms with Gasteiger partial charge in [0.25, 0.3) is 0 Å². The zero-order valence-electron chi connectivity index (χ0n) is 15.6. The lowest BCUT2D eigenvalue weighted by molar-refractivity contribution is -0.137. The smallest absolute Gasteiger partial charge is 0.416 e. The molecule has 2 atom stereocenters. The number of aromatic nitrogens is 2. The normalized spacial score (nSPS) is 19.6. The molecule has 2 unspecified atom stereocenters. The number of halogens is 3. The third kappa shape index (κ3) is 4.94. The van der Waals surface area contributed by atoms with E-state index in [0.717, 1.165) is 31.3 Å². The second-order valence-corrected chi connectivity index (χ2v) is 6.59. The van der Waals surface area contributed by atoms with Gasteiger partial charge in [0.05, 0.1) is 24.9 Å². The summed E-state index contributed by atoms with van der Waals surface area (Å²) in [6.07, 6.45) is -1.46. The highest BCUT2D eigenvalue weighted by Crippen LogP contribution is 2.34. The van der Waals surface area contributed by atoms with Crippen molar-refractivity contribution < 1.29 is 32.5 Å². The Kier molecular flexibility index (Phi) is 6.21. The molecule has 0 aliphatic carbocycles. The molecule has 1 saturated heterocycles. The number of carboxylic acid groups (broad SMARTS) is 1. The van der Waals surface area contributed by atoms with Gasteiger partial charge in [0.15, 0.2) is 17.3 Å². The first-order valence-electron chi connectivity index (χ1n) is 8.98. The number of ether oxygens (including phenoxy) is 2. The average molecular weight is 411 g/mol. The Morgan fingerprint density at radius 3 is 2.62 bits per heavy atom. The van der Waals surface area contributed by atoms with Crippen LogP contribution in [0.25, 0.3) is 0 Å². The number of alkyl halides is 3. The van der Waals surface area contributed by atoms with Gasteiger partial charge < -0.3 is 19.9 Å². The Hall–Kier alpha value is -2.88. The Bertz CT molecular complexity index is 859. The number of rotatable bonds is 6. The Morgan fingerprint density at radius 1 is 1.28 bits per heavy atom. The van der Waals surface area contributed by atoms with E-state index < -0.39 is 17.7 Å². The molecule has 2 N–H and O–H groups in total. The highest BCUT2D eigenvalue weighted by molar-refractivity contribution is 5.90. The molecule has 0 spiro atoms. The van der Waals surface area contributed by atoms with Gasteiger partial charge in [0, 0.05) is 6.54 Å². The summed E-state index contributed by atoms with van der Waals surface area (Å²) in [6, 6.07) is 4.99. The summed E-state index contributed by atoms with van der Waals surface area (Å²) in [7, 11) is 1.33. The standard InChI is InChI=1S/C19H20F3N3O4/c1-28-16-15(18(26)27)24-10-25-17(16)23-9-13-3-2-4-14(29-13)11-5-7-12(8-6-11)19(20,21)22/h5-8,10,13-14H,2-4,9H2,1H3,(H,26,27)(H,23,24,25). The summed E-state index contributed by atoms with van der Waals surface area (Å²) in [6.45, 7) is 0.337. The largest absolute Gasteiger partial charge is 0.491 e. The minimum atomic E-state index is -4.37. The van der Waals surface area contributed by atoms with Crippen molar-refractivity contribution >= 4 is 11.8 Å². The molecule has 3 rings (SSSR count). The molecule has 10 heteroatoms. The van der Waals surface area contributed by atoms with Crippen molar-refractivity contribution in [1.29, 1.82) is 0 Å². The maximum absolute atomic E-state index is 12.7. The molecule has 2 heterocycles. The van der Waals surface area contributed by atoms with E-state index in [1.807, 2.05) is 0 Å². The van der Waals surface area contributed by atoms with Crippen molar-refractivity contribution in [2.24, 2.45) is 0 Å². The van der Waals surface area contributed by atoms with Crippen molar-refractivity contribution in [1.82, 2.24) is 9.97 Å². The first kappa shape index (κ1) is 20.8. The van der Waals surface area contributed by atoms with Crippen LogP contribution in [0.5, 0.6) is 5.75 Å². The molecule has 0 amide bonds. The number of aromatic carboxylic acids is 1. The zero-order valence-corrected chi connectivity index (χ0v) is 15.6. The van der Waals surface area contributed by atoms with Crippen LogP contribution in [0, 0.1) is 0 Å². The van der Waals surface area contributed by atoms with E-state index in [1.165, 1.54) is 19.2 Å². The summed E-state index contributed by atoms with van der Waals surface area (Å²) in [5, 5.41) is 12.2. The lowest BCUT2D eigenvalue weighted by Crippen LogP contribution is -2.29. The van der Waals surface area contributed by atoms with Gasteiger partial charge in [0.2, 0.25) is 0 Å². The quantitative estimate of drug-likeness (QED) is 0.744. The maximum atomic E-state index is 12.7. The van der Waals surface area contributed by atoms with E-state index in [-0.39, 0.29) is 29.5 Å². The van der Waals surface area contributed by atoms with E-state index in [4.69, 9.17) is 9.47 Å². The van der Waals surface area contributed by atoms with Crippen LogP contribution in [0.2, 0.25) is 0 Å². The Labute approximate surface area is 164 Å². The van der Waals surface area contributed by atoms with E-state index in [2.05, 4.69) is 15.3 Å². The highest BCUT2D eigenvalue weighted by Gasteiger charge is 2.31. The molecular weight excluding hydrogens is 391 g/mol. The molecule has 156 valence electrons. The van der Waals surface area contributed by atoms with Crippen molar-refractivity contribution in [2.45, 2.75) is 37.6 Å². The number of hydrogen-bond acceptors (Lipinski definition) is 6. The summed E-state index contributed by atoms with van der Waals surface area (Å²) in [5.74, 6) is -0.973. The molecule has 0 saturated carbocycles. The van der Waals surface area contributed by atoms with Crippen LogP contribution in [-0.4, -0.2) is 40.8 Å². The molecule has 7 nitrogen and oxygen atoms in total. The molecule has 1 aromatic heterocycles. The van der Waals surface area contributed by atoms with Crippen LogP contribution in [0.4, 0.5) is 19.0 Å². The fourth-order valence-corrected chi connectivity index (χ4v) is 3.24. The molecule has 1 aliphatic rings. The zero-order chi connectivity index (χ0) is 21.0. The van der Waals surface area contributed by atoms with Gasteiger partial charge in [-0.15, -0.1) is 0 Å². The first-order valence-corrected chi connectivity index (χ1v) is 8.98. The molecule has 29 heavy (non-hydrogen) atoms. The van der Waals surface area contributed by atoms with Crippen molar-refractivity contribution in [3.8, 4) is 5.75 Å². The van der Waals surface area contributed by atoms with Gasteiger partial charge in [0.1, 0.15) is 6.33 Å². The van der Waals surface area contributed by atoms with Crippen LogP contribution in [0.15, 0.2) is 30.6 Å². The number of nitrogens with zero attached hydrogens (tertiary/aromatic N) is 2. The molecule has 0 radical (unpaired) electrons. The Balaban J connectivity index is 1.65. The second-order valence-electron chi connectivity index (χ2n) is 6.59. The number of anilines is 1. The topological polar surface area (TPSA) is 93.6 Å². The number of nitrogens with one attached hydrogen (secondary N) is 1. The second kappa shape index (κ2) is 8.64. The Morgan fingerprint density at radius 2 is 2.00 bits per heavy atom. The van der Waals surface area contributed by atoms with Gasteiger partial charge >= 0.3 is 12.1 Å². The van der Waals surface area contributed by atoms with Gasteiger partial charge in [-0.05, 0) is 37.0 Å². The minimum absolute atomic E-state index is 0.0232. The molecule has 1 aliphatic heterocycles. The molecular formula is C19H20F3N3O4. The van der Waals surface area contributed by atoms with Crippen molar-refractivity contribution in [2.75, 3.05) is 19.0 Å². The highest BCUT2D eigenvalue weighted by atomic mass is 19.4. The van der Waals surface area contributed by atoms with Gasteiger partial charge in [-0.25, -0.2) is 14.8 Å². The summed E-state index contributed by atoms with van der Waals surface area (Å²) < 4.78 is 49.3. The third-order valence-electron chi connectivity index (χ3n) is 4.67. The van der Waals surface area contributed by atoms with Gasteiger partial charge in [-0.2, -0.15) is 13.2 Å². The fourth-order valence-electron chi connectivity index (χ4n) is 3.24. The van der Waals surface area contributed by atoms with Crippen LogP contribution < -0.4 is 10.1 Å². The first-order chi connectivity index (χ1) is 13.8. The van der Waals surface area contributed by atoms with Crippen LogP contribution in [-0.2, 0) is 10.9 Å². The summed E-state index contributed by atoms with van der Waals surface area (Å²) >= 11 is 0. The molecule has 1 fully saturated rings. The SMILES string of the molecule is COc1c(NCC2CCCC(c3ccc(C(F)(F)F)cc3)O2)ncnc1C(=O)O. The van der Waals surface area contributed by atoms with Crippen molar-refractivity contribution in [3.63, 3.8) is 0 Å². The number of hydrogen-bond donors (Lipinski definition) is 2. The molecule has 1 aromatic carbocycles. The van der Waals surface area contributed by atoms with E-state index in [9.17, 15) is 23.1 Å². The maximum Gasteiger partial charge on any atom is 0.416 e. The lowest BCUT2D eigenvalue weighted by atomic mass is 9.97. The van der Waals surface area contributed by atoms with Crippen LogP contribution in [0.3, 0.4) is 0 Å².